The van der Waals surface area contributed by atoms with Crippen molar-refractivity contribution in [1.29, 1.82) is 0 Å². The molecule has 0 saturated carbocycles. The molecule has 53 heavy (non-hydrogen) atoms. The third kappa shape index (κ3) is 11.2. The minimum absolute atomic E-state index is 0.226. The summed E-state index contributed by atoms with van der Waals surface area (Å²) in [6, 6.07) is -1.33. The van der Waals surface area contributed by atoms with E-state index in [1.54, 1.807) is 13.8 Å². The average molecular weight is 775 g/mol. The molecule has 0 aromatic carbocycles. The Morgan fingerprint density at radius 3 is 1.66 bits per heavy atom. The molecule has 21 heteroatoms. The molecule has 11 N–H and O–H groups in total. The van der Waals surface area contributed by atoms with Crippen molar-refractivity contribution in [3.63, 3.8) is 0 Å². The maximum atomic E-state index is 11.6. The summed E-state index contributed by atoms with van der Waals surface area (Å²) in [6.45, 7) is 4.37. The molecule has 4 aliphatic rings. The van der Waals surface area contributed by atoms with E-state index >= 15 is 0 Å². The standard InChI is InChI=1S/C18H32N2O9.C14H26O10/c1-8-11(19-9(2)23)5-12(13(6-21)27-8)28-18-15(20-10(3)24)16(25)17(26-4)14(7-22)29-18;1-5-6(3-15)22-14(10(19)8(5)17)24-12-7(4-16)23-13(21-2)11(20)9(12)18/h8,11-18,21-22,25H,5-7H2,1-4H3,(H,19,23)(H,20,24);5-20H,3-4H2,1-2H3/t8-,11?,12-,13-,14?,15?,16+,17+,18+;5-,6?,7+,8+,9?,10?,11?,12-,13-,14+/m01/s1. The van der Waals surface area contributed by atoms with Gasteiger partial charge in [0.25, 0.3) is 0 Å². The van der Waals surface area contributed by atoms with E-state index in [2.05, 4.69) is 10.6 Å². The molecule has 0 aromatic heterocycles. The molecule has 21 nitrogen and oxygen atoms in total. The summed E-state index contributed by atoms with van der Waals surface area (Å²) in [5, 5.41) is 94.4. The Morgan fingerprint density at radius 2 is 1.13 bits per heavy atom. The number of ether oxygens (including phenoxy) is 8. The molecule has 4 rings (SSSR count). The maximum absolute atomic E-state index is 11.6. The predicted molar refractivity (Wildman–Crippen MR) is 175 cm³/mol. The van der Waals surface area contributed by atoms with Crippen LogP contribution in [0.1, 0.15) is 34.1 Å². The molecule has 4 aliphatic heterocycles. The van der Waals surface area contributed by atoms with Crippen molar-refractivity contribution >= 4 is 11.8 Å². The van der Waals surface area contributed by atoms with Gasteiger partial charge in [0.15, 0.2) is 18.9 Å². The number of rotatable bonds is 12. The molecule has 19 atom stereocenters. The molecule has 2 amide bonds. The third-order valence-electron chi connectivity index (χ3n) is 9.82. The minimum Gasteiger partial charge on any atom is -0.394 e. The van der Waals surface area contributed by atoms with Gasteiger partial charge in [-0.2, -0.15) is 0 Å². The van der Waals surface area contributed by atoms with Crippen molar-refractivity contribution in [3.05, 3.63) is 0 Å². The van der Waals surface area contributed by atoms with Crippen molar-refractivity contribution in [1.82, 2.24) is 10.6 Å². The maximum Gasteiger partial charge on any atom is 0.217 e. The summed E-state index contributed by atoms with van der Waals surface area (Å²) in [5.41, 5.74) is 0. The van der Waals surface area contributed by atoms with Crippen molar-refractivity contribution in [2.75, 3.05) is 40.6 Å². The van der Waals surface area contributed by atoms with Gasteiger partial charge in [-0.3, -0.25) is 9.59 Å². The Balaban J connectivity index is 0.000000290. The largest absolute Gasteiger partial charge is 0.394 e. The molecule has 4 fully saturated rings. The van der Waals surface area contributed by atoms with Gasteiger partial charge in [-0.1, -0.05) is 6.92 Å². The monoisotopic (exact) mass is 774 g/mol. The first-order valence-corrected chi connectivity index (χ1v) is 17.4. The molecule has 4 saturated heterocycles. The smallest absolute Gasteiger partial charge is 0.217 e. The lowest BCUT2D eigenvalue weighted by molar-refractivity contribution is -0.353. The van der Waals surface area contributed by atoms with Crippen LogP contribution in [0.3, 0.4) is 0 Å². The van der Waals surface area contributed by atoms with E-state index in [1.807, 2.05) is 0 Å². The quantitative estimate of drug-likeness (QED) is 0.0880. The van der Waals surface area contributed by atoms with Crippen LogP contribution in [0, 0.1) is 5.92 Å². The lowest BCUT2D eigenvalue weighted by Crippen LogP contribution is -2.66. The van der Waals surface area contributed by atoms with Crippen molar-refractivity contribution in [2.24, 2.45) is 5.92 Å². The van der Waals surface area contributed by atoms with Gasteiger partial charge < -0.3 is 94.5 Å². The number of nitrogens with one attached hydrogen (secondary N) is 2. The highest BCUT2D eigenvalue weighted by molar-refractivity contribution is 5.73. The molecule has 7 unspecified atom stereocenters. The number of carbonyl (C=O) groups is 2. The van der Waals surface area contributed by atoms with E-state index < -0.39 is 130 Å². The van der Waals surface area contributed by atoms with E-state index in [0.29, 0.717) is 6.42 Å². The lowest BCUT2D eigenvalue weighted by Gasteiger charge is -2.46. The van der Waals surface area contributed by atoms with Crippen LogP contribution in [-0.4, -0.2) is 209 Å². The first-order valence-electron chi connectivity index (χ1n) is 17.4. The predicted octanol–water partition coefficient (Wildman–Crippen LogP) is -5.82. The van der Waals surface area contributed by atoms with Crippen LogP contribution in [0.15, 0.2) is 0 Å². The zero-order valence-electron chi connectivity index (χ0n) is 30.6. The molecular weight excluding hydrogens is 716 g/mol. The SMILES string of the molecule is CO[C@@H]1C(CO)O[C@@H](O[C@H]2CC(NC(C)=O)[C@H](C)O[C@H]2CO)C(NC(C)=O)[C@H]1O.CO[C@@H]1O[C@@H](CO)[C@@H](O[C@@H]2OC(CO)[C@@H](C)[C@H](O)C2O)C(O)C1O. The lowest BCUT2D eigenvalue weighted by atomic mass is 9.91. The summed E-state index contributed by atoms with van der Waals surface area (Å²) in [7, 11) is 2.63. The minimum atomic E-state index is -1.49. The van der Waals surface area contributed by atoms with Gasteiger partial charge in [-0.15, -0.1) is 0 Å². The van der Waals surface area contributed by atoms with Gasteiger partial charge >= 0.3 is 0 Å². The van der Waals surface area contributed by atoms with Crippen LogP contribution < -0.4 is 10.6 Å². The van der Waals surface area contributed by atoms with Crippen LogP contribution in [-0.2, 0) is 47.5 Å². The number of methoxy groups -OCH3 is 2. The number of amides is 2. The van der Waals surface area contributed by atoms with Crippen molar-refractivity contribution < 1.29 is 93.4 Å². The highest BCUT2D eigenvalue weighted by atomic mass is 16.7. The second-order valence-corrected chi connectivity index (χ2v) is 13.5. The number of carbonyl (C=O) groups excluding carboxylic acids is 2. The topological polar surface area (TPSA) is 314 Å². The van der Waals surface area contributed by atoms with E-state index in [0.717, 1.165) is 0 Å². The van der Waals surface area contributed by atoms with Gasteiger partial charge in [0.1, 0.15) is 61.0 Å². The molecular formula is C32H58N2O19. The average Bonchev–Trinajstić information content (AvgIpc) is 3.12. The summed E-state index contributed by atoms with van der Waals surface area (Å²) in [4.78, 5) is 23.1. The molecule has 0 spiro atoms. The molecule has 0 aliphatic carbocycles. The van der Waals surface area contributed by atoms with Crippen LogP contribution in [0.4, 0.5) is 0 Å². The second-order valence-electron chi connectivity index (χ2n) is 13.5. The third-order valence-corrected chi connectivity index (χ3v) is 9.82. The number of aliphatic hydroxyl groups is 9. The van der Waals surface area contributed by atoms with Crippen LogP contribution in [0.2, 0.25) is 0 Å². The molecule has 310 valence electrons. The summed E-state index contributed by atoms with van der Waals surface area (Å²) in [6.07, 6.45) is -16.7. The first kappa shape index (κ1) is 45.6. The number of aliphatic hydroxyl groups excluding tert-OH is 9. The van der Waals surface area contributed by atoms with Gasteiger partial charge in [0.05, 0.1) is 56.9 Å². The van der Waals surface area contributed by atoms with E-state index in [9.17, 15) is 55.5 Å². The van der Waals surface area contributed by atoms with E-state index in [-0.39, 0.29) is 24.7 Å². The first-order chi connectivity index (χ1) is 25.1. The Morgan fingerprint density at radius 1 is 0.604 bits per heavy atom. The van der Waals surface area contributed by atoms with Crippen LogP contribution in [0.5, 0.6) is 0 Å². The molecule has 4 heterocycles. The highest BCUT2D eigenvalue weighted by Crippen LogP contribution is 2.32. The fourth-order valence-corrected chi connectivity index (χ4v) is 6.79. The fraction of sp³-hybridized carbons (Fsp3) is 0.938. The Kier molecular flexibility index (Phi) is 18.1. The van der Waals surface area contributed by atoms with Crippen molar-refractivity contribution in [2.45, 2.75) is 144 Å². The normalized spacial score (nSPS) is 44.7. The van der Waals surface area contributed by atoms with E-state index in [1.165, 1.54) is 28.1 Å². The van der Waals surface area contributed by atoms with Gasteiger partial charge in [-0.05, 0) is 13.3 Å². The molecule has 0 bridgehead atoms. The van der Waals surface area contributed by atoms with E-state index in [4.69, 9.17) is 37.9 Å². The number of hydrogen-bond donors (Lipinski definition) is 11. The molecule has 0 radical (unpaired) electrons. The van der Waals surface area contributed by atoms with Crippen LogP contribution >= 0.6 is 0 Å². The van der Waals surface area contributed by atoms with Gasteiger partial charge in [0.2, 0.25) is 11.8 Å². The van der Waals surface area contributed by atoms with Crippen LogP contribution in [0.25, 0.3) is 0 Å². The second kappa shape index (κ2) is 21.0. The van der Waals surface area contributed by atoms with Crippen molar-refractivity contribution in [3.8, 4) is 0 Å². The summed E-state index contributed by atoms with van der Waals surface area (Å²) in [5.74, 6) is -1.17. The highest BCUT2D eigenvalue weighted by Gasteiger charge is 2.51. The van der Waals surface area contributed by atoms with Gasteiger partial charge in [-0.25, -0.2) is 0 Å². The zero-order chi connectivity index (χ0) is 39.7. The van der Waals surface area contributed by atoms with Gasteiger partial charge in [0, 0.05) is 34.0 Å². The summed E-state index contributed by atoms with van der Waals surface area (Å²) >= 11 is 0. The molecule has 0 aromatic rings. The Bertz CT molecular complexity index is 1120. The zero-order valence-corrected chi connectivity index (χ0v) is 30.6. The Hall–Kier alpha value is -1.74. The summed E-state index contributed by atoms with van der Waals surface area (Å²) < 4.78 is 43.8. The fourth-order valence-electron chi connectivity index (χ4n) is 6.79. The Labute approximate surface area is 307 Å². The number of hydrogen-bond acceptors (Lipinski definition) is 19.